The Morgan fingerprint density at radius 2 is 1.93 bits per heavy atom. The lowest BCUT2D eigenvalue weighted by Gasteiger charge is -2.43. The zero-order chi connectivity index (χ0) is 10.8. The van der Waals surface area contributed by atoms with E-state index in [1.54, 1.807) is 0 Å². The number of carbonyl (C=O) groups excluding carboxylic acids is 1. The largest absolute Gasteiger partial charge is 0.466 e. The molecule has 0 heterocycles. The summed E-state index contributed by atoms with van der Waals surface area (Å²) in [5.41, 5.74) is 0. The van der Waals surface area contributed by atoms with Crippen LogP contribution in [0.1, 0.15) is 19.8 Å². The van der Waals surface area contributed by atoms with Crippen molar-refractivity contribution < 1.29 is 14.6 Å². The van der Waals surface area contributed by atoms with E-state index in [1.807, 2.05) is 0 Å². The van der Waals surface area contributed by atoms with Gasteiger partial charge in [-0.15, -0.1) is 0 Å². The van der Waals surface area contributed by atoms with Crippen molar-refractivity contribution in [3.05, 3.63) is 12.2 Å². The number of fused-ring (bicyclic) bond motifs is 2. The summed E-state index contributed by atoms with van der Waals surface area (Å²) in [4.78, 5) is 10.8. The number of aliphatic hydroxyl groups excluding tert-OH is 1. The van der Waals surface area contributed by atoms with Crippen molar-refractivity contribution in [2.24, 2.45) is 23.7 Å². The number of allylic oxidation sites excluding steroid dienone is 2. The van der Waals surface area contributed by atoms with Gasteiger partial charge in [0.1, 0.15) is 0 Å². The molecule has 1 saturated carbocycles. The molecule has 0 aromatic rings. The predicted molar refractivity (Wildman–Crippen MR) is 56.1 cm³/mol. The van der Waals surface area contributed by atoms with E-state index >= 15 is 0 Å². The van der Waals surface area contributed by atoms with E-state index in [9.17, 15) is 9.90 Å². The fourth-order valence-corrected chi connectivity index (χ4v) is 2.94. The molecule has 0 aromatic carbocycles. The molecule has 15 heavy (non-hydrogen) atoms. The van der Waals surface area contributed by atoms with E-state index in [2.05, 4.69) is 12.2 Å². The van der Waals surface area contributed by atoms with E-state index in [-0.39, 0.29) is 18.5 Å². The molecule has 4 atom stereocenters. The molecule has 3 aliphatic carbocycles. The standard InChI is InChI=1S/C12H18O3/c1-8(14)15-7-12-10-4-2-9(3-5-10)11(12)6-13/h2,4,9-13H,3,5-7H2,1H3/t9-,10+,11?,12?/m1/s1. The van der Waals surface area contributed by atoms with Gasteiger partial charge in [0.05, 0.1) is 6.61 Å². The maximum absolute atomic E-state index is 10.8. The molecule has 0 aromatic heterocycles. The summed E-state index contributed by atoms with van der Waals surface area (Å²) in [6.45, 7) is 2.11. The SMILES string of the molecule is CC(=O)OCC1C(CO)[C@@H]2C=C[C@H]1CC2. The van der Waals surface area contributed by atoms with Crippen molar-refractivity contribution in [2.75, 3.05) is 13.2 Å². The molecule has 3 heteroatoms. The Balaban J connectivity index is 2.02. The number of hydrogen-bond acceptors (Lipinski definition) is 3. The molecule has 0 spiro atoms. The smallest absolute Gasteiger partial charge is 0.302 e. The van der Waals surface area contributed by atoms with Crippen LogP contribution in [-0.4, -0.2) is 24.3 Å². The molecule has 2 unspecified atom stereocenters. The van der Waals surface area contributed by atoms with Crippen molar-refractivity contribution >= 4 is 5.97 Å². The minimum absolute atomic E-state index is 0.206. The first-order chi connectivity index (χ1) is 7.22. The van der Waals surface area contributed by atoms with Crippen LogP contribution < -0.4 is 0 Å². The molecule has 0 aliphatic heterocycles. The Hall–Kier alpha value is -0.830. The van der Waals surface area contributed by atoms with E-state index in [1.165, 1.54) is 19.8 Å². The maximum Gasteiger partial charge on any atom is 0.302 e. The van der Waals surface area contributed by atoms with Gasteiger partial charge in [-0.3, -0.25) is 4.79 Å². The summed E-state index contributed by atoms with van der Waals surface area (Å²) in [6.07, 6.45) is 6.79. The molecule has 3 nitrogen and oxygen atoms in total. The molecule has 0 radical (unpaired) electrons. The molecular formula is C12H18O3. The molecule has 0 saturated heterocycles. The second-order valence-corrected chi connectivity index (χ2v) is 4.60. The minimum Gasteiger partial charge on any atom is -0.466 e. The summed E-state index contributed by atoms with van der Waals surface area (Å²) in [6, 6.07) is 0. The number of aliphatic hydroxyl groups is 1. The number of esters is 1. The summed E-state index contributed by atoms with van der Waals surface area (Å²) in [5, 5.41) is 9.37. The molecule has 3 aliphatic rings. The van der Waals surface area contributed by atoms with Crippen molar-refractivity contribution in [3.8, 4) is 0 Å². The monoisotopic (exact) mass is 210 g/mol. The summed E-state index contributed by atoms with van der Waals surface area (Å²) in [7, 11) is 0. The third kappa shape index (κ3) is 2.07. The van der Waals surface area contributed by atoms with E-state index in [4.69, 9.17) is 4.74 Å². The van der Waals surface area contributed by atoms with Gasteiger partial charge in [-0.2, -0.15) is 0 Å². The first-order valence-electron chi connectivity index (χ1n) is 5.65. The molecule has 1 fully saturated rings. The van der Waals surface area contributed by atoms with Crippen LogP contribution in [0.2, 0.25) is 0 Å². The number of ether oxygens (including phenoxy) is 1. The Bertz CT molecular complexity index is 272. The second-order valence-electron chi connectivity index (χ2n) is 4.60. The van der Waals surface area contributed by atoms with Crippen LogP contribution in [0, 0.1) is 23.7 Å². The normalized spacial score (nSPS) is 38.0. The average molecular weight is 210 g/mol. The highest BCUT2D eigenvalue weighted by molar-refractivity contribution is 5.65. The van der Waals surface area contributed by atoms with Gasteiger partial charge in [-0.05, 0) is 30.6 Å². The zero-order valence-corrected chi connectivity index (χ0v) is 9.06. The van der Waals surface area contributed by atoms with Gasteiger partial charge in [-0.25, -0.2) is 0 Å². The molecule has 3 rings (SSSR count). The zero-order valence-electron chi connectivity index (χ0n) is 9.06. The second kappa shape index (κ2) is 4.35. The minimum atomic E-state index is -0.225. The van der Waals surface area contributed by atoms with Crippen LogP contribution in [-0.2, 0) is 9.53 Å². The van der Waals surface area contributed by atoms with Gasteiger partial charge in [-0.1, -0.05) is 12.2 Å². The molecule has 0 amide bonds. The maximum atomic E-state index is 10.8. The van der Waals surface area contributed by atoms with Crippen LogP contribution in [0.5, 0.6) is 0 Å². The van der Waals surface area contributed by atoms with Gasteiger partial charge in [0.2, 0.25) is 0 Å². The van der Waals surface area contributed by atoms with Crippen LogP contribution >= 0.6 is 0 Å². The Morgan fingerprint density at radius 1 is 1.33 bits per heavy atom. The average Bonchev–Trinajstić information content (AvgIpc) is 2.27. The first-order valence-corrected chi connectivity index (χ1v) is 5.65. The Morgan fingerprint density at radius 3 is 2.40 bits per heavy atom. The highest BCUT2D eigenvalue weighted by atomic mass is 16.5. The Kier molecular flexibility index (Phi) is 3.10. The summed E-state index contributed by atoms with van der Waals surface area (Å²) >= 11 is 0. The highest BCUT2D eigenvalue weighted by Crippen LogP contribution is 2.44. The van der Waals surface area contributed by atoms with Gasteiger partial charge >= 0.3 is 5.97 Å². The molecule has 1 N–H and O–H groups in total. The lowest BCUT2D eigenvalue weighted by molar-refractivity contribution is -0.144. The van der Waals surface area contributed by atoms with Crippen molar-refractivity contribution in [3.63, 3.8) is 0 Å². The van der Waals surface area contributed by atoms with Crippen molar-refractivity contribution in [1.82, 2.24) is 0 Å². The quantitative estimate of drug-likeness (QED) is 0.565. The highest BCUT2D eigenvalue weighted by Gasteiger charge is 2.40. The lowest BCUT2D eigenvalue weighted by atomic mass is 9.63. The van der Waals surface area contributed by atoms with E-state index in [0.717, 1.165) is 0 Å². The first kappa shape index (κ1) is 10.7. The number of rotatable bonds is 3. The van der Waals surface area contributed by atoms with E-state index < -0.39 is 0 Å². The molecule has 2 bridgehead atoms. The number of carbonyl (C=O) groups is 1. The fraction of sp³-hybridized carbons (Fsp3) is 0.750. The predicted octanol–water partition coefficient (Wildman–Crippen LogP) is 1.37. The molecular weight excluding hydrogens is 192 g/mol. The topological polar surface area (TPSA) is 46.5 Å². The van der Waals surface area contributed by atoms with Crippen LogP contribution in [0.3, 0.4) is 0 Å². The van der Waals surface area contributed by atoms with Gasteiger partial charge in [0.15, 0.2) is 0 Å². The number of hydrogen-bond donors (Lipinski definition) is 1. The third-order valence-electron chi connectivity index (χ3n) is 3.78. The van der Waals surface area contributed by atoms with Crippen molar-refractivity contribution in [1.29, 1.82) is 0 Å². The third-order valence-corrected chi connectivity index (χ3v) is 3.78. The lowest BCUT2D eigenvalue weighted by Crippen LogP contribution is -2.41. The van der Waals surface area contributed by atoms with Gasteiger partial charge in [0.25, 0.3) is 0 Å². The summed E-state index contributed by atoms with van der Waals surface area (Å²) < 4.78 is 5.08. The van der Waals surface area contributed by atoms with Crippen LogP contribution in [0.25, 0.3) is 0 Å². The molecule has 84 valence electrons. The fourth-order valence-electron chi connectivity index (χ4n) is 2.94. The van der Waals surface area contributed by atoms with E-state index in [0.29, 0.717) is 24.4 Å². The van der Waals surface area contributed by atoms with Crippen molar-refractivity contribution in [2.45, 2.75) is 19.8 Å². The summed E-state index contributed by atoms with van der Waals surface area (Å²) in [5.74, 6) is 1.36. The van der Waals surface area contributed by atoms with Crippen LogP contribution in [0.4, 0.5) is 0 Å². The van der Waals surface area contributed by atoms with Gasteiger partial charge < -0.3 is 9.84 Å². The Labute approximate surface area is 90.1 Å². The van der Waals surface area contributed by atoms with Gasteiger partial charge in [0, 0.05) is 19.4 Å². The van der Waals surface area contributed by atoms with Crippen LogP contribution in [0.15, 0.2) is 12.2 Å².